The fraction of sp³-hybridized carbons (Fsp3) is 0.500. The number of hydrogen-bond donors (Lipinski definition) is 2. The number of aliphatic hydroxyl groups excluding tert-OH is 1. The average Bonchev–Trinajstić information content (AvgIpc) is 2.22. The zero-order chi connectivity index (χ0) is 12.6. The second-order valence-corrected chi connectivity index (χ2v) is 6.51. The molecule has 1 aliphatic rings. The van der Waals surface area contributed by atoms with E-state index in [0.29, 0.717) is 17.0 Å². The van der Waals surface area contributed by atoms with Crippen LogP contribution in [0.2, 0.25) is 0 Å². The summed E-state index contributed by atoms with van der Waals surface area (Å²) in [6.07, 6.45) is 0.450. The number of aryl methyl sites for hydroxylation is 2. The van der Waals surface area contributed by atoms with Crippen LogP contribution in [-0.2, 0) is 9.84 Å². The van der Waals surface area contributed by atoms with E-state index >= 15 is 0 Å². The van der Waals surface area contributed by atoms with Gasteiger partial charge in [-0.15, -0.1) is 0 Å². The molecule has 0 fully saturated rings. The molecule has 1 aliphatic heterocycles. The van der Waals surface area contributed by atoms with Gasteiger partial charge < -0.3 is 10.4 Å². The van der Waals surface area contributed by atoms with Gasteiger partial charge in [-0.1, -0.05) is 12.1 Å². The van der Waals surface area contributed by atoms with Crippen molar-refractivity contribution < 1.29 is 13.5 Å². The van der Waals surface area contributed by atoms with Crippen LogP contribution in [-0.4, -0.2) is 31.9 Å². The van der Waals surface area contributed by atoms with Gasteiger partial charge in [-0.2, -0.15) is 0 Å². The second kappa shape index (κ2) is 4.31. The van der Waals surface area contributed by atoms with E-state index in [1.54, 1.807) is 0 Å². The fourth-order valence-corrected chi connectivity index (χ4v) is 4.31. The van der Waals surface area contributed by atoms with E-state index in [4.69, 9.17) is 5.11 Å². The van der Waals surface area contributed by atoms with E-state index in [2.05, 4.69) is 5.32 Å². The Labute approximate surface area is 102 Å². The average molecular weight is 255 g/mol. The molecule has 1 heterocycles. The number of fused-ring (bicyclic) bond motifs is 1. The molecule has 5 heteroatoms. The highest BCUT2D eigenvalue weighted by Gasteiger charge is 2.31. The predicted octanol–water partition coefficient (Wildman–Crippen LogP) is 1.25. The van der Waals surface area contributed by atoms with Crippen molar-refractivity contribution in [2.45, 2.75) is 31.2 Å². The van der Waals surface area contributed by atoms with Gasteiger partial charge in [0.2, 0.25) is 0 Å². The van der Waals surface area contributed by atoms with Crippen molar-refractivity contribution in [1.29, 1.82) is 0 Å². The Kier molecular flexibility index (Phi) is 3.14. The van der Waals surface area contributed by atoms with E-state index in [1.807, 2.05) is 26.0 Å². The molecule has 0 aliphatic carbocycles. The Balaban J connectivity index is 2.56. The lowest BCUT2D eigenvalue weighted by Crippen LogP contribution is -2.35. The zero-order valence-corrected chi connectivity index (χ0v) is 10.8. The molecule has 2 rings (SSSR count). The first kappa shape index (κ1) is 12.4. The third-order valence-corrected chi connectivity index (χ3v) is 5.11. The van der Waals surface area contributed by atoms with Crippen molar-refractivity contribution in [2.24, 2.45) is 0 Å². The lowest BCUT2D eigenvalue weighted by Gasteiger charge is -2.29. The van der Waals surface area contributed by atoms with Crippen molar-refractivity contribution in [2.75, 3.05) is 17.7 Å². The maximum absolute atomic E-state index is 12.2. The monoisotopic (exact) mass is 255 g/mol. The number of anilines is 1. The van der Waals surface area contributed by atoms with Gasteiger partial charge in [0.1, 0.15) is 0 Å². The molecule has 1 atom stereocenters. The third kappa shape index (κ3) is 2.17. The largest absolute Gasteiger partial charge is 0.396 e. The number of nitrogens with one attached hydrogen (secondary N) is 1. The summed E-state index contributed by atoms with van der Waals surface area (Å²) < 4.78 is 24.4. The Morgan fingerprint density at radius 2 is 2.00 bits per heavy atom. The van der Waals surface area contributed by atoms with Crippen LogP contribution in [0.5, 0.6) is 0 Å². The summed E-state index contributed by atoms with van der Waals surface area (Å²) in [7, 11) is -3.24. The highest BCUT2D eigenvalue weighted by molar-refractivity contribution is 7.91. The number of aliphatic hydroxyl groups is 1. The number of hydrogen-bond acceptors (Lipinski definition) is 4. The van der Waals surface area contributed by atoms with Gasteiger partial charge >= 0.3 is 0 Å². The van der Waals surface area contributed by atoms with Crippen molar-refractivity contribution in [3.05, 3.63) is 23.3 Å². The van der Waals surface area contributed by atoms with E-state index in [0.717, 1.165) is 11.1 Å². The maximum atomic E-state index is 12.2. The smallest absolute Gasteiger partial charge is 0.182 e. The predicted molar refractivity (Wildman–Crippen MR) is 67.1 cm³/mol. The molecule has 1 aromatic rings. The molecule has 0 amide bonds. The van der Waals surface area contributed by atoms with E-state index < -0.39 is 9.84 Å². The molecule has 0 aromatic heterocycles. The van der Waals surface area contributed by atoms with Gasteiger partial charge in [0.25, 0.3) is 0 Å². The highest BCUT2D eigenvalue weighted by Crippen LogP contribution is 2.34. The first-order valence-electron chi connectivity index (χ1n) is 5.66. The minimum Gasteiger partial charge on any atom is -0.396 e. The van der Waals surface area contributed by atoms with E-state index in [9.17, 15) is 8.42 Å². The maximum Gasteiger partial charge on any atom is 0.182 e. The Morgan fingerprint density at radius 1 is 1.35 bits per heavy atom. The van der Waals surface area contributed by atoms with Crippen LogP contribution < -0.4 is 5.32 Å². The van der Waals surface area contributed by atoms with Gasteiger partial charge in [0, 0.05) is 12.6 Å². The first-order valence-corrected chi connectivity index (χ1v) is 7.31. The van der Waals surface area contributed by atoms with Crippen molar-refractivity contribution in [3.63, 3.8) is 0 Å². The van der Waals surface area contributed by atoms with Crippen LogP contribution in [0, 0.1) is 13.8 Å². The second-order valence-electron chi connectivity index (χ2n) is 4.54. The quantitative estimate of drug-likeness (QED) is 0.835. The molecule has 4 nitrogen and oxygen atoms in total. The van der Waals surface area contributed by atoms with E-state index in [1.165, 1.54) is 0 Å². The lowest BCUT2D eigenvalue weighted by atomic mass is 10.1. The summed E-state index contributed by atoms with van der Waals surface area (Å²) in [6.45, 7) is 3.69. The van der Waals surface area contributed by atoms with Crippen LogP contribution in [0.15, 0.2) is 17.0 Å². The third-order valence-electron chi connectivity index (χ3n) is 3.12. The SMILES string of the molecule is Cc1ccc(C)c2c1NC(CCO)CS2(=O)=O. The van der Waals surface area contributed by atoms with Gasteiger partial charge in [-0.3, -0.25) is 0 Å². The van der Waals surface area contributed by atoms with Crippen LogP contribution in [0.1, 0.15) is 17.5 Å². The van der Waals surface area contributed by atoms with E-state index in [-0.39, 0.29) is 18.4 Å². The Morgan fingerprint density at radius 3 is 2.65 bits per heavy atom. The van der Waals surface area contributed by atoms with Gasteiger partial charge in [-0.05, 0) is 31.4 Å². The first-order chi connectivity index (χ1) is 7.95. The fourth-order valence-electron chi connectivity index (χ4n) is 2.27. The van der Waals surface area contributed by atoms with Crippen LogP contribution >= 0.6 is 0 Å². The number of benzene rings is 1. The Bertz CT molecular complexity index is 537. The summed E-state index contributed by atoms with van der Waals surface area (Å²) >= 11 is 0. The van der Waals surface area contributed by atoms with Gasteiger partial charge in [0.05, 0.1) is 16.3 Å². The molecular formula is C12H17NO3S. The Hall–Kier alpha value is -1.07. The van der Waals surface area contributed by atoms with Crippen molar-refractivity contribution >= 4 is 15.5 Å². The molecular weight excluding hydrogens is 238 g/mol. The summed E-state index contributed by atoms with van der Waals surface area (Å²) in [5.41, 5.74) is 2.41. The molecule has 0 spiro atoms. The molecule has 0 radical (unpaired) electrons. The summed E-state index contributed by atoms with van der Waals surface area (Å²) in [6, 6.07) is 3.55. The van der Waals surface area contributed by atoms with Crippen LogP contribution in [0.4, 0.5) is 5.69 Å². The van der Waals surface area contributed by atoms with Crippen molar-refractivity contribution in [1.82, 2.24) is 0 Å². The summed E-state index contributed by atoms with van der Waals surface area (Å²) in [4.78, 5) is 0.423. The summed E-state index contributed by atoms with van der Waals surface area (Å²) in [5, 5.41) is 12.1. The number of sulfone groups is 1. The standard InChI is InChI=1S/C12H17NO3S/c1-8-3-4-9(2)12-11(8)13-10(5-6-14)7-17(12,15)16/h3-4,10,13-14H,5-7H2,1-2H3. The summed E-state index contributed by atoms with van der Waals surface area (Å²) in [5.74, 6) is 0.0604. The lowest BCUT2D eigenvalue weighted by molar-refractivity contribution is 0.282. The highest BCUT2D eigenvalue weighted by atomic mass is 32.2. The molecule has 94 valence electrons. The molecule has 1 aromatic carbocycles. The molecule has 17 heavy (non-hydrogen) atoms. The molecule has 2 N–H and O–H groups in total. The van der Waals surface area contributed by atoms with Crippen LogP contribution in [0.25, 0.3) is 0 Å². The molecule has 0 bridgehead atoms. The topological polar surface area (TPSA) is 66.4 Å². The minimum absolute atomic E-state index is 0.00656. The molecule has 0 saturated heterocycles. The van der Waals surface area contributed by atoms with Gasteiger partial charge in [-0.25, -0.2) is 8.42 Å². The normalized spacial score (nSPS) is 21.7. The number of rotatable bonds is 2. The van der Waals surface area contributed by atoms with Crippen LogP contribution in [0.3, 0.4) is 0 Å². The van der Waals surface area contributed by atoms with Gasteiger partial charge in [0.15, 0.2) is 9.84 Å². The zero-order valence-electron chi connectivity index (χ0n) is 10.0. The molecule has 0 saturated carbocycles. The minimum atomic E-state index is -3.24. The van der Waals surface area contributed by atoms with Crippen molar-refractivity contribution in [3.8, 4) is 0 Å². The molecule has 1 unspecified atom stereocenters.